The Hall–Kier alpha value is -0.840. The minimum atomic E-state index is -0.195. The highest BCUT2D eigenvalue weighted by Crippen LogP contribution is 2.06. The minimum Gasteiger partial charge on any atom is -0.364 e. The van der Waals surface area contributed by atoms with Gasteiger partial charge in [0.25, 0.3) is 5.91 Å². The predicted molar refractivity (Wildman–Crippen MR) is 56.5 cm³/mol. The summed E-state index contributed by atoms with van der Waals surface area (Å²) in [6, 6.07) is 1.54. The fourth-order valence-corrected chi connectivity index (χ4v) is 1.66. The maximum absolute atomic E-state index is 11.4. The number of rotatable bonds is 5. The van der Waals surface area contributed by atoms with Crippen LogP contribution >= 0.6 is 15.9 Å². The Bertz CT molecular complexity index is 274. The highest BCUT2D eigenvalue weighted by Gasteiger charge is 2.10. The van der Waals surface area contributed by atoms with E-state index in [0.29, 0.717) is 17.1 Å². The molecule has 78 valence electrons. The van der Waals surface area contributed by atoms with E-state index >= 15 is 0 Å². The highest BCUT2D eigenvalue weighted by atomic mass is 79.9. The summed E-state index contributed by atoms with van der Waals surface area (Å²) in [5.41, 5.74) is 0.321. The number of hydrogen-bond acceptors (Lipinski definition) is 3. The number of hydrogen-bond donors (Lipinski definition) is 1. The Morgan fingerprint density at radius 2 is 2.57 bits per heavy atom. The van der Waals surface area contributed by atoms with E-state index in [-0.39, 0.29) is 5.91 Å². The molecule has 1 N–H and O–H groups in total. The monoisotopic (exact) mass is 260 g/mol. The Balaban J connectivity index is 2.28. The third-order valence-electron chi connectivity index (χ3n) is 1.76. The van der Waals surface area contributed by atoms with Crippen molar-refractivity contribution in [3.63, 3.8) is 0 Å². The van der Waals surface area contributed by atoms with E-state index in [2.05, 4.69) is 37.9 Å². The molecule has 1 unspecified atom stereocenters. The molecule has 14 heavy (non-hydrogen) atoms. The van der Waals surface area contributed by atoms with Gasteiger partial charge in [-0.25, -0.2) is 0 Å². The van der Waals surface area contributed by atoms with Crippen LogP contribution < -0.4 is 5.32 Å². The van der Waals surface area contributed by atoms with Gasteiger partial charge in [-0.05, 0) is 6.42 Å². The number of amides is 1. The lowest BCUT2D eigenvalue weighted by Gasteiger charge is -2.08. The largest absolute Gasteiger partial charge is 0.364 e. The average molecular weight is 261 g/mol. The van der Waals surface area contributed by atoms with E-state index in [1.807, 2.05) is 0 Å². The molecule has 0 radical (unpaired) electrons. The fourth-order valence-electron chi connectivity index (χ4n) is 1.04. The van der Waals surface area contributed by atoms with Crippen LogP contribution in [0.3, 0.4) is 0 Å². The summed E-state index contributed by atoms with van der Waals surface area (Å²) in [5.74, 6) is -0.195. The van der Waals surface area contributed by atoms with Gasteiger partial charge in [0.2, 0.25) is 0 Å². The summed E-state index contributed by atoms with van der Waals surface area (Å²) in [6.07, 6.45) is 3.52. The second-order valence-corrected chi connectivity index (χ2v) is 4.28. The lowest BCUT2D eigenvalue weighted by molar-refractivity contribution is 0.0944. The summed E-state index contributed by atoms with van der Waals surface area (Å²) in [6.45, 7) is 2.72. The molecule has 0 bridgehead atoms. The number of nitrogens with zero attached hydrogens (tertiary/aromatic N) is 1. The normalized spacial score (nSPS) is 12.4. The zero-order valence-corrected chi connectivity index (χ0v) is 9.58. The van der Waals surface area contributed by atoms with Crippen LogP contribution in [-0.4, -0.2) is 22.4 Å². The molecule has 1 aromatic rings. The highest BCUT2D eigenvalue weighted by molar-refractivity contribution is 9.09. The quantitative estimate of drug-likeness (QED) is 0.824. The molecule has 0 aliphatic heterocycles. The van der Waals surface area contributed by atoms with Crippen LogP contribution in [0.2, 0.25) is 0 Å². The first-order valence-corrected chi connectivity index (χ1v) is 5.48. The SMILES string of the molecule is CCCC(Br)CNC(=O)c1ccon1. The van der Waals surface area contributed by atoms with Crippen molar-refractivity contribution in [1.29, 1.82) is 0 Å². The first-order valence-electron chi connectivity index (χ1n) is 4.56. The molecule has 4 nitrogen and oxygen atoms in total. The number of halogens is 1. The van der Waals surface area contributed by atoms with Crippen molar-refractivity contribution in [1.82, 2.24) is 10.5 Å². The van der Waals surface area contributed by atoms with Crippen molar-refractivity contribution in [2.45, 2.75) is 24.6 Å². The van der Waals surface area contributed by atoms with Crippen LogP contribution in [0.25, 0.3) is 0 Å². The Morgan fingerprint density at radius 1 is 1.79 bits per heavy atom. The minimum absolute atomic E-state index is 0.195. The van der Waals surface area contributed by atoms with Gasteiger partial charge in [0.05, 0.1) is 0 Å². The van der Waals surface area contributed by atoms with Gasteiger partial charge >= 0.3 is 0 Å². The van der Waals surface area contributed by atoms with Gasteiger partial charge in [0.15, 0.2) is 5.69 Å². The number of carbonyl (C=O) groups is 1. The molecule has 0 aliphatic carbocycles. The molecular formula is C9H13BrN2O2. The Kier molecular flexibility index (Phi) is 4.65. The molecule has 1 heterocycles. The molecule has 0 fully saturated rings. The van der Waals surface area contributed by atoms with Crippen LogP contribution in [0, 0.1) is 0 Å². The molecule has 1 atom stereocenters. The summed E-state index contributed by atoms with van der Waals surface area (Å²) in [4.78, 5) is 11.7. The molecule has 1 aromatic heterocycles. The smallest absolute Gasteiger partial charge is 0.273 e. The van der Waals surface area contributed by atoms with Gasteiger partial charge in [-0.2, -0.15) is 0 Å². The van der Waals surface area contributed by atoms with Crippen LogP contribution in [0.4, 0.5) is 0 Å². The summed E-state index contributed by atoms with van der Waals surface area (Å²) in [5, 5.41) is 6.30. The number of carbonyl (C=O) groups excluding carboxylic acids is 1. The van der Waals surface area contributed by atoms with Crippen molar-refractivity contribution in [2.75, 3.05) is 6.54 Å². The van der Waals surface area contributed by atoms with Crippen molar-refractivity contribution < 1.29 is 9.32 Å². The zero-order valence-electron chi connectivity index (χ0n) is 8.00. The van der Waals surface area contributed by atoms with E-state index < -0.39 is 0 Å². The van der Waals surface area contributed by atoms with Gasteiger partial charge in [0, 0.05) is 17.4 Å². The van der Waals surface area contributed by atoms with E-state index in [4.69, 9.17) is 0 Å². The third-order valence-corrected chi connectivity index (χ3v) is 2.54. The third kappa shape index (κ3) is 3.49. The second kappa shape index (κ2) is 5.80. The summed E-state index contributed by atoms with van der Waals surface area (Å²) >= 11 is 3.47. The number of aromatic nitrogens is 1. The van der Waals surface area contributed by atoms with Gasteiger partial charge < -0.3 is 9.84 Å². The molecule has 0 aliphatic rings. The molecule has 0 saturated heterocycles. The van der Waals surface area contributed by atoms with Crippen LogP contribution in [0.1, 0.15) is 30.3 Å². The van der Waals surface area contributed by atoms with Crippen molar-refractivity contribution in [3.8, 4) is 0 Å². The van der Waals surface area contributed by atoms with Gasteiger partial charge in [-0.1, -0.05) is 34.4 Å². The average Bonchev–Trinajstić information content (AvgIpc) is 2.67. The summed E-state index contributed by atoms with van der Waals surface area (Å²) in [7, 11) is 0. The van der Waals surface area contributed by atoms with Gasteiger partial charge in [-0.3, -0.25) is 4.79 Å². The Morgan fingerprint density at radius 3 is 3.14 bits per heavy atom. The summed E-state index contributed by atoms with van der Waals surface area (Å²) < 4.78 is 4.57. The fraction of sp³-hybridized carbons (Fsp3) is 0.556. The van der Waals surface area contributed by atoms with Crippen molar-refractivity contribution >= 4 is 21.8 Å². The molecule has 0 aromatic carbocycles. The topological polar surface area (TPSA) is 55.1 Å². The maximum atomic E-state index is 11.4. The molecular weight excluding hydrogens is 248 g/mol. The number of alkyl halides is 1. The van der Waals surface area contributed by atoms with Gasteiger partial charge in [-0.15, -0.1) is 0 Å². The van der Waals surface area contributed by atoms with Crippen LogP contribution in [-0.2, 0) is 0 Å². The molecule has 1 amide bonds. The lowest BCUT2D eigenvalue weighted by Crippen LogP contribution is -2.29. The molecule has 1 rings (SSSR count). The van der Waals surface area contributed by atoms with E-state index in [1.54, 1.807) is 6.07 Å². The lowest BCUT2D eigenvalue weighted by atomic mass is 10.2. The van der Waals surface area contributed by atoms with Crippen molar-refractivity contribution in [2.24, 2.45) is 0 Å². The van der Waals surface area contributed by atoms with E-state index in [9.17, 15) is 4.79 Å². The molecule has 5 heteroatoms. The predicted octanol–water partition coefficient (Wildman–Crippen LogP) is 1.97. The zero-order chi connectivity index (χ0) is 10.4. The van der Waals surface area contributed by atoms with Crippen molar-refractivity contribution in [3.05, 3.63) is 18.0 Å². The first-order chi connectivity index (χ1) is 6.74. The molecule has 0 saturated carbocycles. The maximum Gasteiger partial charge on any atom is 0.273 e. The van der Waals surface area contributed by atoms with E-state index in [1.165, 1.54) is 6.26 Å². The van der Waals surface area contributed by atoms with Gasteiger partial charge in [0.1, 0.15) is 6.26 Å². The number of nitrogens with one attached hydrogen (secondary N) is 1. The van der Waals surface area contributed by atoms with Crippen LogP contribution in [0.15, 0.2) is 16.9 Å². The molecule has 0 spiro atoms. The standard InChI is InChI=1S/C9H13BrN2O2/c1-2-3-7(10)6-11-9(13)8-4-5-14-12-8/h4-5,7H,2-3,6H2,1H3,(H,11,13). The Labute approximate surface area is 91.2 Å². The van der Waals surface area contributed by atoms with Crippen LogP contribution in [0.5, 0.6) is 0 Å². The van der Waals surface area contributed by atoms with E-state index in [0.717, 1.165) is 12.8 Å². The first kappa shape index (κ1) is 11.2. The second-order valence-electron chi connectivity index (χ2n) is 2.98.